The number of hydrogen-bond acceptors (Lipinski definition) is 3. The lowest BCUT2D eigenvalue weighted by atomic mass is 10.1. The molecule has 0 aliphatic carbocycles. The first-order valence-corrected chi connectivity index (χ1v) is 8.58. The number of fused-ring (bicyclic) bond motifs is 1. The second-order valence-electron chi connectivity index (χ2n) is 6.19. The van der Waals surface area contributed by atoms with Gasteiger partial charge in [0.25, 0.3) is 11.5 Å². The lowest BCUT2D eigenvalue weighted by Crippen LogP contribution is -2.27. The van der Waals surface area contributed by atoms with Crippen molar-refractivity contribution in [3.05, 3.63) is 69.9 Å². The molecular formula is C20H20FN3O2. The van der Waals surface area contributed by atoms with E-state index in [9.17, 15) is 14.0 Å². The third-order valence-corrected chi connectivity index (χ3v) is 4.24. The number of hydrogen-bond donors (Lipinski definition) is 1. The molecule has 1 N–H and O–H groups in total. The lowest BCUT2D eigenvalue weighted by molar-refractivity contribution is 0.102. The Balaban J connectivity index is 2.04. The normalized spacial score (nSPS) is 10.9. The average molecular weight is 353 g/mol. The maximum Gasteiger partial charge on any atom is 0.276 e. The van der Waals surface area contributed by atoms with Crippen LogP contribution in [0.4, 0.5) is 10.1 Å². The Morgan fingerprint density at radius 2 is 1.92 bits per heavy atom. The number of nitrogens with one attached hydrogen (secondary N) is 1. The zero-order chi connectivity index (χ0) is 18.7. The number of nitrogens with zero attached hydrogens (tertiary/aromatic N) is 2. The van der Waals surface area contributed by atoms with E-state index in [0.29, 0.717) is 28.6 Å². The number of aromatic nitrogens is 2. The summed E-state index contributed by atoms with van der Waals surface area (Å²) in [5.41, 5.74) is 0.777. The monoisotopic (exact) mass is 353 g/mol. The number of halogens is 1. The van der Waals surface area contributed by atoms with Gasteiger partial charge in [0, 0.05) is 17.6 Å². The Morgan fingerprint density at radius 3 is 2.62 bits per heavy atom. The quantitative estimate of drug-likeness (QED) is 0.757. The van der Waals surface area contributed by atoms with Crippen LogP contribution in [0.3, 0.4) is 0 Å². The van der Waals surface area contributed by atoms with Crippen molar-refractivity contribution >= 4 is 22.4 Å². The molecule has 1 heterocycles. The van der Waals surface area contributed by atoms with E-state index in [0.717, 1.165) is 12.8 Å². The SMILES string of the molecule is CCCCn1nc(C(=O)Nc2ccc(C)c(F)c2)c2ccccc2c1=O. The highest BCUT2D eigenvalue weighted by Gasteiger charge is 2.17. The van der Waals surface area contributed by atoms with Gasteiger partial charge < -0.3 is 5.32 Å². The molecule has 5 nitrogen and oxygen atoms in total. The lowest BCUT2D eigenvalue weighted by Gasteiger charge is -2.11. The van der Waals surface area contributed by atoms with Gasteiger partial charge in [0.15, 0.2) is 5.69 Å². The summed E-state index contributed by atoms with van der Waals surface area (Å²) in [6.45, 7) is 4.12. The summed E-state index contributed by atoms with van der Waals surface area (Å²) in [7, 11) is 0. The molecule has 1 aromatic heterocycles. The molecule has 3 aromatic rings. The number of aryl methyl sites for hydroxylation is 2. The van der Waals surface area contributed by atoms with E-state index < -0.39 is 11.7 Å². The molecule has 0 unspecified atom stereocenters. The predicted octanol–water partition coefficient (Wildman–Crippen LogP) is 3.90. The van der Waals surface area contributed by atoms with E-state index in [2.05, 4.69) is 10.4 Å². The maximum absolute atomic E-state index is 13.7. The minimum Gasteiger partial charge on any atom is -0.320 e. The first-order chi connectivity index (χ1) is 12.5. The van der Waals surface area contributed by atoms with Crippen molar-refractivity contribution in [2.75, 3.05) is 5.32 Å². The van der Waals surface area contributed by atoms with Gasteiger partial charge in [-0.25, -0.2) is 9.07 Å². The largest absolute Gasteiger partial charge is 0.320 e. The van der Waals surface area contributed by atoms with Gasteiger partial charge in [-0.15, -0.1) is 0 Å². The van der Waals surface area contributed by atoms with Gasteiger partial charge in [0.2, 0.25) is 0 Å². The summed E-state index contributed by atoms with van der Waals surface area (Å²) >= 11 is 0. The second kappa shape index (κ2) is 7.47. The van der Waals surface area contributed by atoms with E-state index in [1.54, 1.807) is 43.3 Å². The fraction of sp³-hybridized carbons (Fsp3) is 0.250. The maximum atomic E-state index is 13.7. The van der Waals surface area contributed by atoms with Gasteiger partial charge in [-0.3, -0.25) is 9.59 Å². The van der Waals surface area contributed by atoms with Crippen LogP contribution >= 0.6 is 0 Å². The standard InChI is InChI=1S/C20H20FN3O2/c1-3-4-11-24-20(26)16-8-6-5-7-15(16)18(23-24)19(25)22-14-10-9-13(2)17(21)12-14/h5-10,12H,3-4,11H2,1-2H3,(H,22,25). The number of rotatable bonds is 5. The van der Waals surface area contributed by atoms with Crippen molar-refractivity contribution in [1.29, 1.82) is 0 Å². The first kappa shape index (κ1) is 17.8. The molecule has 6 heteroatoms. The van der Waals surface area contributed by atoms with Crippen LogP contribution in [0, 0.1) is 12.7 Å². The molecule has 0 saturated carbocycles. The van der Waals surface area contributed by atoms with Crippen molar-refractivity contribution in [1.82, 2.24) is 9.78 Å². The molecule has 0 aliphatic heterocycles. The molecule has 26 heavy (non-hydrogen) atoms. The molecule has 0 atom stereocenters. The topological polar surface area (TPSA) is 64.0 Å². The van der Waals surface area contributed by atoms with Crippen molar-refractivity contribution < 1.29 is 9.18 Å². The molecule has 134 valence electrons. The molecule has 0 aliphatic rings. The zero-order valence-corrected chi connectivity index (χ0v) is 14.8. The Kier molecular flexibility index (Phi) is 5.11. The molecule has 0 bridgehead atoms. The van der Waals surface area contributed by atoms with Crippen molar-refractivity contribution in [3.8, 4) is 0 Å². The molecule has 3 rings (SSSR count). The third kappa shape index (κ3) is 3.49. The summed E-state index contributed by atoms with van der Waals surface area (Å²) in [4.78, 5) is 25.3. The average Bonchev–Trinajstić information content (AvgIpc) is 2.64. The number of benzene rings is 2. The van der Waals surface area contributed by atoms with Crippen molar-refractivity contribution in [2.45, 2.75) is 33.2 Å². The molecule has 2 aromatic carbocycles. The molecular weight excluding hydrogens is 333 g/mol. The highest BCUT2D eigenvalue weighted by molar-refractivity contribution is 6.11. The van der Waals surface area contributed by atoms with Gasteiger partial charge in [0.1, 0.15) is 5.82 Å². The zero-order valence-electron chi connectivity index (χ0n) is 14.8. The van der Waals surface area contributed by atoms with E-state index in [1.807, 2.05) is 6.92 Å². The fourth-order valence-corrected chi connectivity index (χ4v) is 2.72. The van der Waals surface area contributed by atoms with E-state index in [1.165, 1.54) is 10.7 Å². The van der Waals surface area contributed by atoms with Crippen molar-refractivity contribution in [2.24, 2.45) is 0 Å². The Labute approximate surface area is 150 Å². The van der Waals surface area contributed by atoms with Crippen LogP contribution in [0.15, 0.2) is 47.3 Å². The summed E-state index contributed by atoms with van der Waals surface area (Å²) < 4.78 is 15.1. The predicted molar refractivity (Wildman–Crippen MR) is 100 cm³/mol. The van der Waals surface area contributed by atoms with Gasteiger partial charge in [-0.2, -0.15) is 5.10 Å². The Hall–Kier alpha value is -3.02. The number of unbranched alkanes of at least 4 members (excludes halogenated alkanes) is 1. The summed E-state index contributed by atoms with van der Waals surface area (Å²) in [5, 5.41) is 7.86. The van der Waals surface area contributed by atoms with E-state index >= 15 is 0 Å². The number of carbonyl (C=O) groups excluding carboxylic acids is 1. The number of anilines is 1. The van der Waals surface area contributed by atoms with Crippen LogP contribution in [0.5, 0.6) is 0 Å². The fourth-order valence-electron chi connectivity index (χ4n) is 2.72. The molecule has 0 spiro atoms. The molecule has 1 amide bonds. The van der Waals surface area contributed by atoms with Gasteiger partial charge in [-0.1, -0.05) is 37.6 Å². The first-order valence-electron chi connectivity index (χ1n) is 8.58. The van der Waals surface area contributed by atoms with Crippen molar-refractivity contribution in [3.63, 3.8) is 0 Å². The minimum absolute atomic E-state index is 0.150. The summed E-state index contributed by atoms with van der Waals surface area (Å²) in [6, 6.07) is 11.4. The van der Waals surface area contributed by atoms with Gasteiger partial charge in [-0.05, 0) is 37.1 Å². The summed E-state index contributed by atoms with van der Waals surface area (Å²) in [6.07, 6.45) is 1.70. The van der Waals surface area contributed by atoms with Gasteiger partial charge in [0.05, 0.1) is 5.39 Å². The molecule has 0 fully saturated rings. The number of carbonyl (C=O) groups is 1. The molecule has 0 radical (unpaired) electrons. The smallest absolute Gasteiger partial charge is 0.276 e. The van der Waals surface area contributed by atoms with Crippen LogP contribution < -0.4 is 10.9 Å². The third-order valence-electron chi connectivity index (χ3n) is 4.24. The summed E-state index contributed by atoms with van der Waals surface area (Å²) in [5.74, 6) is -0.872. The number of amides is 1. The van der Waals surface area contributed by atoms with E-state index in [4.69, 9.17) is 0 Å². The highest BCUT2D eigenvalue weighted by Crippen LogP contribution is 2.17. The Bertz CT molecular complexity index is 1030. The highest BCUT2D eigenvalue weighted by atomic mass is 19.1. The second-order valence-corrected chi connectivity index (χ2v) is 6.19. The van der Waals surface area contributed by atoms with Crippen LogP contribution in [0.1, 0.15) is 35.8 Å². The molecule has 0 saturated heterocycles. The van der Waals surface area contributed by atoms with Crippen LogP contribution in [-0.4, -0.2) is 15.7 Å². The van der Waals surface area contributed by atoms with E-state index in [-0.39, 0.29) is 11.3 Å². The Morgan fingerprint density at radius 1 is 1.19 bits per heavy atom. The minimum atomic E-state index is -0.477. The van der Waals surface area contributed by atoms with Gasteiger partial charge >= 0.3 is 0 Å². The van der Waals surface area contributed by atoms with Crippen LogP contribution in [0.25, 0.3) is 10.8 Å². The van der Waals surface area contributed by atoms with Crippen LogP contribution in [-0.2, 0) is 6.54 Å². The van der Waals surface area contributed by atoms with Crippen LogP contribution in [0.2, 0.25) is 0 Å².